The summed E-state index contributed by atoms with van der Waals surface area (Å²) < 4.78 is 10.5. The maximum atomic E-state index is 11.3. The lowest BCUT2D eigenvalue weighted by Crippen LogP contribution is -2.30. The van der Waals surface area contributed by atoms with Crippen LogP contribution >= 0.6 is 0 Å². The van der Waals surface area contributed by atoms with Crippen molar-refractivity contribution >= 4 is 5.97 Å². The van der Waals surface area contributed by atoms with Gasteiger partial charge in [-0.05, 0) is 50.6 Å². The highest BCUT2D eigenvalue weighted by Crippen LogP contribution is 2.16. The Balaban J connectivity index is 2.24. The molecule has 0 amide bonds. The highest BCUT2D eigenvalue weighted by Gasteiger charge is 2.14. The summed E-state index contributed by atoms with van der Waals surface area (Å²) in [6.45, 7) is 8.34. The van der Waals surface area contributed by atoms with Crippen molar-refractivity contribution in [2.45, 2.75) is 27.2 Å². The standard InChI is InChI=1S/C17H27NO3/c1-13-7-8-16(11-14(13)2)21-10-6-9-18(4)12-15(3)17(19)20-5/h7-8,11,15H,6,9-10,12H2,1-5H3. The molecule has 0 aromatic heterocycles. The Morgan fingerprint density at radius 1 is 1.29 bits per heavy atom. The minimum Gasteiger partial charge on any atom is -0.494 e. The Morgan fingerprint density at radius 2 is 2.00 bits per heavy atom. The van der Waals surface area contributed by atoms with Crippen LogP contribution in [-0.4, -0.2) is 44.7 Å². The van der Waals surface area contributed by atoms with Gasteiger partial charge in [0.05, 0.1) is 19.6 Å². The largest absolute Gasteiger partial charge is 0.494 e. The van der Waals surface area contributed by atoms with Gasteiger partial charge in [-0.1, -0.05) is 13.0 Å². The molecule has 4 heteroatoms. The molecule has 1 aromatic carbocycles. The summed E-state index contributed by atoms with van der Waals surface area (Å²) in [6.07, 6.45) is 0.928. The third-order valence-corrected chi connectivity index (χ3v) is 3.62. The highest BCUT2D eigenvalue weighted by molar-refractivity contribution is 5.72. The average molecular weight is 293 g/mol. The SMILES string of the molecule is COC(=O)C(C)CN(C)CCCOc1ccc(C)c(C)c1. The van der Waals surface area contributed by atoms with Gasteiger partial charge < -0.3 is 14.4 Å². The fourth-order valence-electron chi connectivity index (χ4n) is 2.16. The van der Waals surface area contributed by atoms with E-state index in [1.54, 1.807) is 0 Å². The van der Waals surface area contributed by atoms with E-state index in [-0.39, 0.29) is 11.9 Å². The van der Waals surface area contributed by atoms with E-state index in [1.165, 1.54) is 18.2 Å². The van der Waals surface area contributed by atoms with E-state index < -0.39 is 0 Å². The van der Waals surface area contributed by atoms with Gasteiger partial charge in [0.2, 0.25) is 0 Å². The molecule has 0 aliphatic carbocycles. The summed E-state index contributed by atoms with van der Waals surface area (Å²) >= 11 is 0. The molecule has 0 radical (unpaired) electrons. The molecule has 1 unspecified atom stereocenters. The fraction of sp³-hybridized carbons (Fsp3) is 0.588. The Bertz CT molecular complexity index is 459. The smallest absolute Gasteiger partial charge is 0.309 e. The maximum Gasteiger partial charge on any atom is 0.309 e. The predicted octanol–water partition coefficient (Wildman–Crippen LogP) is 2.81. The van der Waals surface area contributed by atoms with Gasteiger partial charge in [-0.15, -0.1) is 0 Å². The molecule has 0 aliphatic rings. The molecular weight excluding hydrogens is 266 g/mol. The summed E-state index contributed by atoms with van der Waals surface area (Å²) in [5.41, 5.74) is 2.52. The Kier molecular flexibility index (Phi) is 7.23. The van der Waals surface area contributed by atoms with Crippen LogP contribution in [0.1, 0.15) is 24.5 Å². The highest BCUT2D eigenvalue weighted by atomic mass is 16.5. The number of carbonyl (C=O) groups is 1. The molecule has 0 aliphatic heterocycles. The molecular formula is C17H27NO3. The molecule has 0 bridgehead atoms. The first-order valence-electron chi connectivity index (χ1n) is 7.40. The van der Waals surface area contributed by atoms with E-state index in [2.05, 4.69) is 30.9 Å². The number of carbonyl (C=O) groups excluding carboxylic acids is 1. The number of hydrogen-bond acceptors (Lipinski definition) is 4. The minimum atomic E-state index is -0.159. The number of nitrogens with zero attached hydrogens (tertiary/aromatic N) is 1. The molecule has 0 spiro atoms. The Hall–Kier alpha value is -1.55. The van der Waals surface area contributed by atoms with Crippen LogP contribution in [0.15, 0.2) is 18.2 Å². The number of esters is 1. The third-order valence-electron chi connectivity index (χ3n) is 3.62. The molecule has 4 nitrogen and oxygen atoms in total. The van der Waals surface area contributed by atoms with Gasteiger partial charge in [0, 0.05) is 13.1 Å². The molecule has 118 valence electrons. The quantitative estimate of drug-likeness (QED) is 0.546. The van der Waals surface area contributed by atoms with Crippen molar-refractivity contribution in [1.29, 1.82) is 0 Å². The van der Waals surface area contributed by atoms with Crippen LogP contribution in [-0.2, 0) is 9.53 Å². The van der Waals surface area contributed by atoms with Crippen molar-refractivity contribution in [1.82, 2.24) is 4.90 Å². The van der Waals surface area contributed by atoms with Crippen LogP contribution in [0.25, 0.3) is 0 Å². The molecule has 0 saturated heterocycles. The Labute approximate surface area is 128 Å². The molecule has 1 aromatic rings. The number of ether oxygens (including phenoxy) is 2. The zero-order valence-electron chi connectivity index (χ0n) is 13.8. The van der Waals surface area contributed by atoms with Crippen LogP contribution < -0.4 is 4.74 Å². The van der Waals surface area contributed by atoms with Gasteiger partial charge in [-0.3, -0.25) is 4.79 Å². The van der Waals surface area contributed by atoms with E-state index in [0.717, 1.165) is 18.7 Å². The molecule has 0 N–H and O–H groups in total. The van der Waals surface area contributed by atoms with Crippen molar-refractivity contribution in [3.8, 4) is 5.75 Å². The van der Waals surface area contributed by atoms with Crippen LogP contribution in [0.2, 0.25) is 0 Å². The van der Waals surface area contributed by atoms with Crippen molar-refractivity contribution in [2.75, 3.05) is 33.9 Å². The van der Waals surface area contributed by atoms with Crippen LogP contribution in [0.5, 0.6) is 5.75 Å². The number of rotatable bonds is 8. The van der Waals surface area contributed by atoms with Gasteiger partial charge in [0.1, 0.15) is 5.75 Å². The fourth-order valence-corrected chi connectivity index (χ4v) is 2.16. The first kappa shape index (κ1) is 17.5. The first-order chi connectivity index (χ1) is 9.93. The Morgan fingerprint density at radius 3 is 2.62 bits per heavy atom. The minimum absolute atomic E-state index is 0.0966. The van der Waals surface area contributed by atoms with Gasteiger partial charge >= 0.3 is 5.97 Å². The van der Waals surface area contributed by atoms with Crippen molar-refractivity contribution in [3.63, 3.8) is 0 Å². The van der Waals surface area contributed by atoms with Crippen molar-refractivity contribution in [3.05, 3.63) is 29.3 Å². The summed E-state index contributed by atoms with van der Waals surface area (Å²) in [5, 5.41) is 0. The molecule has 21 heavy (non-hydrogen) atoms. The van der Waals surface area contributed by atoms with Gasteiger partial charge in [-0.2, -0.15) is 0 Å². The second kappa shape index (κ2) is 8.67. The maximum absolute atomic E-state index is 11.3. The van der Waals surface area contributed by atoms with E-state index in [4.69, 9.17) is 9.47 Å². The van der Waals surface area contributed by atoms with Crippen molar-refractivity contribution < 1.29 is 14.3 Å². The summed E-state index contributed by atoms with van der Waals surface area (Å²) in [7, 11) is 3.44. The van der Waals surface area contributed by atoms with Crippen LogP contribution in [0.3, 0.4) is 0 Å². The molecule has 0 heterocycles. The third kappa shape index (κ3) is 6.17. The monoisotopic (exact) mass is 293 g/mol. The summed E-state index contributed by atoms with van der Waals surface area (Å²) in [6, 6.07) is 6.15. The zero-order chi connectivity index (χ0) is 15.8. The van der Waals surface area contributed by atoms with Gasteiger partial charge in [0.25, 0.3) is 0 Å². The number of hydrogen-bond donors (Lipinski definition) is 0. The topological polar surface area (TPSA) is 38.8 Å². The van der Waals surface area contributed by atoms with Gasteiger partial charge in [-0.25, -0.2) is 0 Å². The molecule has 0 saturated carbocycles. The van der Waals surface area contributed by atoms with E-state index in [9.17, 15) is 4.79 Å². The number of methoxy groups -OCH3 is 1. The number of benzene rings is 1. The van der Waals surface area contributed by atoms with Gasteiger partial charge in [0.15, 0.2) is 0 Å². The predicted molar refractivity (Wildman–Crippen MR) is 84.7 cm³/mol. The molecule has 0 fully saturated rings. The second-order valence-corrected chi connectivity index (χ2v) is 5.63. The van der Waals surface area contributed by atoms with Crippen molar-refractivity contribution in [2.24, 2.45) is 5.92 Å². The lowest BCUT2D eigenvalue weighted by atomic mass is 10.1. The average Bonchev–Trinajstić information content (AvgIpc) is 2.46. The molecule has 1 atom stereocenters. The lowest BCUT2D eigenvalue weighted by Gasteiger charge is -2.19. The van der Waals surface area contributed by atoms with E-state index >= 15 is 0 Å². The second-order valence-electron chi connectivity index (χ2n) is 5.63. The zero-order valence-corrected chi connectivity index (χ0v) is 13.8. The van der Waals surface area contributed by atoms with E-state index in [1.807, 2.05) is 20.0 Å². The lowest BCUT2D eigenvalue weighted by molar-refractivity contribution is -0.145. The first-order valence-corrected chi connectivity index (χ1v) is 7.40. The summed E-state index contributed by atoms with van der Waals surface area (Å²) in [4.78, 5) is 13.5. The normalized spacial score (nSPS) is 12.3. The van der Waals surface area contributed by atoms with Crippen LogP contribution in [0, 0.1) is 19.8 Å². The molecule has 1 rings (SSSR count). The van der Waals surface area contributed by atoms with E-state index in [0.29, 0.717) is 13.2 Å². The number of aryl methyl sites for hydroxylation is 2. The van der Waals surface area contributed by atoms with Crippen LogP contribution in [0.4, 0.5) is 0 Å². The summed E-state index contributed by atoms with van der Waals surface area (Å²) in [5.74, 6) is 0.664.